The maximum absolute atomic E-state index is 13.1. The molecule has 1 aliphatic rings. The molecule has 7 nitrogen and oxygen atoms in total. The molecule has 4 heterocycles. The number of piperidine rings is 1. The van der Waals surface area contributed by atoms with E-state index >= 15 is 0 Å². The minimum atomic E-state index is -0.262. The lowest BCUT2D eigenvalue weighted by Gasteiger charge is -2.31. The molecular formula is C20H20N4O3S. The molecule has 0 bridgehead atoms. The van der Waals surface area contributed by atoms with E-state index < -0.39 is 0 Å². The van der Waals surface area contributed by atoms with Crippen LogP contribution < -0.4 is 5.56 Å². The summed E-state index contributed by atoms with van der Waals surface area (Å²) in [4.78, 5) is 49.4. The first kappa shape index (κ1) is 18.5. The third-order valence-electron chi connectivity index (χ3n) is 5.16. The standard InChI is InChI=1S/C20H20N4O3S/c25-11-3-4-13-6-9-24(10-7-13)20(27)14-12-28-17-16(14)22-18(23-19(17)26)15-5-1-2-8-21-15/h1-2,5,8,11-13H,3-4,6-7,9-10H2,(H,22,23,26). The molecule has 0 atom stereocenters. The van der Waals surface area contributed by atoms with E-state index in [1.54, 1.807) is 23.7 Å². The third kappa shape index (κ3) is 3.60. The highest BCUT2D eigenvalue weighted by atomic mass is 32.1. The van der Waals surface area contributed by atoms with Crippen LogP contribution in [0.15, 0.2) is 34.6 Å². The Morgan fingerprint density at radius 3 is 2.86 bits per heavy atom. The predicted octanol–water partition coefficient (Wildman–Crippen LogP) is 2.88. The fourth-order valence-electron chi connectivity index (χ4n) is 3.60. The van der Waals surface area contributed by atoms with Gasteiger partial charge in [0.05, 0.1) is 5.56 Å². The summed E-state index contributed by atoms with van der Waals surface area (Å²) in [5, 5.41) is 1.72. The van der Waals surface area contributed by atoms with E-state index in [2.05, 4.69) is 15.0 Å². The monoisotopic (exact) mass is 396 g/mol. The van der Waals surface area contributed by atoms with Crippen molar-refractivity contribution in [2.24, 2.45) is 5.92 Å². The molecule has 1 aliphatic heterocycles. The van der Waals surface area contributed by atoms with Gasteiger partial charge in [0.15, 0.2) is 5.82 Å². The molecule has 0 unspecified atom stereocenters. The highest BCUT2D eigenvalue weighted by Crippen LogP contribution is 2.27. The lowest BCUT2D eigenvalue weighted by Crippen LogP contribution is -2.38. The number of rotatable bonds is 5. The number of carbonyl (C=O) groups is 2. The van der Waals surface area contributed by atoms with E-state index in [9.17, 15) is 14.4 Å². The Labute approximate surface area is 165 Å². The normalized spacial score (nSPS) is 15.1. The van der Waals surface area contributed by atoms with Crippen molar-refractivity contribution in [3.8, 4) is 11.5 Å². The molecule has 8 heteroatoms. The maximum atomic E-state index is 13.1. The molecule has 0 spiro atoms. The summed E-state index contributed by atoms with van der Waals surface area (Å²) in [5.74, 6) is 0.758. The minimum absolute atomic E-state index is 0.0924. The van der Waals surface area contributed by atoms with Crippen LogP contribution in [0.4, 0.5) is 0 Å². The third-order valence-corrected chi connectivity index (χ3v) is 6.13. The molecule has 1 N–H and O–H groups in total. The SMILES string of the molecule is O=CCCC1CCN(C(=O)c2csc3c(=O)[nH]c(-c4ccccn4)nc23)CC1. The lowest BCUT2D eigenvalue weighted by molar-refractivity contribution is -0.108. The number of fused-ring (bicyclic) bond motifs is 1. The minimum Gasteiger partial charge on any atom is -0.339 e. The van der Waals surface area contributed by atoms with Crippen molar-refractivity contribution >= 4 is 33.7 Å². The quantitative estimate of drug-likeness (QED) is 0.669. The van der Waals surface area contributed by atoms with Crippen LogP contribution in [0.3, 0.4) is 0 Å². The first-order valence-electron chi connectivity index (χ1n) is 9.33. The Kier molecular flexibility index (Phi) is 5.29. The number of H-pyrrole nitrogens is 1. The van der Waals surface area contributed by atoms with Gasteiger partial charge in [-0.15, -0.1) is 11.3 Å². The van der Waals surface area contributed by atoms with Crippen molar-refractivity contribution in [2.75, 3.05) is 13.1 Å². The zero-order chi connectivity index (χ0) is 19.5. The van der Waals surface area contributed by atoms with Crippen LogP contribution in [0, 0.1) is 5.92 Å². The van der Waals surface area contributed by atoms with Gasteiger partial charge in [0.1, 0.15) is 22.2 Å². The summed E-state index contributed by atoms with van der Waals surface area (Å²) < 4.78 is 0.448. The van der Waals surface area contributed by atoms with E-state index in [0.717, 1.165) is 25.5 Å². The summed E-state index contributed by atoms with van der Waals surface area (Å²) in [6.07, 6.45) is 5.85. The highest BCUT2D eigenvalue weighted by molar-refractivity contribution is 7.17. The molecule has 3 aromatic rings. The summed E-state index contributed by atoms with van der Waals surface area (Å²) >= 11 is 1.24. The van der Waals surface area contributed by atoms with Gasteiger partial charge in [-0.05, 0) is 37.3 Å². The van der Waals surface area contributed by atoms with Crippen molar-refractivity contribution < 1.29 is 9.59 Å². The Bertz CT molecular complexity index is 1050. The summed E-state index contributed by atoms with van der Waals surface area (Å²) in [6, 6.07) is 5.38. The van der Waals surface area contributed by atoms with Gasteiger partial charge >= 0.3 is 0 Å². The molecule has 144 valence electrons. The number of nitrogens with one attached hydrogen (secondary N) is 1. The number of likely N-dealkylation sites (tertiary alicyclic amines) is 1. The van der Waals surface area contributed by atoms with Gasteiger partial charge in [-0.2, -0.15) is 0 Å². The lowest BCUT2D eigenvalue weighted by atomic mass is 9.92. The number of hydrogen-bond acceptors (Lipinski definition) is 6. The molecule has 1 saturated heterocycles. The van der Waals surface area contributed by atoms with Crippen LogP contribution in [0.2, 0.25) is 0 Å². The Hall–Kier alpha value is -2.87. The molecule has 1 amide bonds. The van der Waals surface area contributed by atoms with Gasteiger partial charge < -0.3 is 14.7 Å². The van der Waals surface area contributed by atoms with E-state index in [0.29, 0.717) is 52.7 Å². The topological polar surface area (TPSA) is 96.0 Å². The molecule has 0 aromatic carbocycles. The van der Waals surface area contributed by atoms with Gasteiger partial charge in [-0.1, -0.05) is 6.07 Å². The molecule has 4 rings (SSSR count). The average Bonchev–Trinajstić information content (AvgIpc) is 3.17. The predicted molar refractivity (Wildman–Crippen MR) is 107 cm³/mol. The second-order valence-corrected chi connectivity index (χ2v) is 7.82. The van der Waals surface area contributed by atoms with Crippen LogP contribution in [-0.2, 0) is 4.79 Å². The second-order valence-electron chi connectivity index (χ2n) is 6.94. The van der Waals surface area contributed by atoms with Crippen LogP contribution in [0.1, 0.15) is 36.0 Å². The number of carbonyl (C=O) groups excluding carboxylic acids is 2. The molecule has 28 heavy (non-hydrogen) atoms. The molecular weight excluding hydrogens is 376 g/mol. The van der Waals surface area contributed by atoms with Crippen LogP contribution in [-0.4, -0.2) is 45.1 Å². The van der Waals surface area contributed by atoms with Gasteiger partial charge in [-0.25, -0.2) is 4.98 Å². The molecule has 0 saturated carbocycles. The van der Waals surface area contributed by atoms with Gasteiger partial charge in [0, 0.05) is 31.1 Å². The van der Waals surface area contributed by atoms with Gasteiger partial charge in [0.25, 0.3) is 11.5 Å². The zero-order valence-electron chi connectivity index (χ0n) is 15.3. The fraction of sp³-hybridized carbons (Fsp3) is 0.350. The van der Waals surface area contributed by atoms with Gasteiger partial charge in [0.2, 0.25) is 0 Å². The first-order valence-corrected chi connectivity index (χ1v) is 10.2. The largest absolute Gasteiger partial charge is 0.339 e. The summed E-state index contributed by atoms with van der Waals surface area (Å²) in [7, 11) is 0. The Morgan fingerprint density at radius 1 is 1.32 bits per heavy atom. The molecule has 1 fully saturated rings. The number of nitrogens with zero attached hydrogens (tertiary/aromatic N) is 3. The smallest absolute Gasteiger partial charge is 0.269 e. The Morgan fingerprint density at radius 2 is 2.14 bits per heavy atom. The summed E-state index contributed by atoms with van der Waals surface area (Å²) in [6.45, 7) is 1.33. The number of amides is 1. The first-order chi connectivity index (χ1) is 13.7. The van der Waals surface area contributed by atoms with Crippen LogP contribution in [0.5, 0.6) is 0 Å². The number of aromatic amines is 1. The van der Waals surface area contributed by atoms with Crippen molar-refractivity contribution in [2.45, 2.75) is 25.7 Å². The summed E-state index contributed by atoms with van der Waals surface area (Å²) in [5.41, 5.74) is 1.20. The van der Waals surface area contributed by atoms with E-state index in [1.165, 1.54) is 11.3 Å². The average molecular weight is 396 g/mol. The number of thiophene rings is 1. The van der Waals surface area contributed by atoms with Crippen molar-refractivity contribution in [1.82, 2.24) is 19.9 Å². The number of pyridine rings is 1. The van der Waals surface area contributed by atoms with Gasteiger partial charge in [-0.3, -0.25) is 14.6 Å². The van der Waals surface area contributed by atoms with Crippen LogP contribution in [0.25, 0.3) is 21.7 Å². The number of hydrogen-bond donors (Lipinski definition) is 1. The highest BCUT2D eigenvalue weighted by Gasteiger charge is 2.26. The van der Waals surface area contributed by atoms with Crippen molar-refractivity contribution in [3.63, 3.8) is 0 Å². The van der Waals surface area contributed by atoms with Crippen LogP contribution >= 0.6 is 11.3 Å². The Balaban J connectivity index is 1.61. The maximum Gasteiger partial charge on any atom is 0.269 e. The zero-order valence-corrected chi connectivity index (χ0v) is 16.1. The number of aldehydes is 1. The van der Waals surface area contributed by atoms with E-state index in [-0.39, 0.29) is 11.5 Å². The molecule has 0 aliphatic carbocycles. The molecule has 3 aromatic heterocycles. The fourth-order valence-corrected chi connectivity index (χ4v) is 4.48. The van der Waals surface area contributed by atoms with E-state index in [1.807, 2.05) is 11.0 Å². The van der Waals surface area contributed by atoms with E-state index in [4.69, 9.17) is 0 Å². The van der Waals surface area contributed by atoms with Crippen molar-refractivity contribution in [1.29, 1.82) is 0 Å². The second kappa shape index (κ2) is 8.02. The number of aromatic nitrogens is 3. The van der Waals surface area contributed by atoms with Crippen molar-refractivity contribution in [3.05, 3.63) is 45.7 Å². The molecule has 0 radical (unpaired) electrons.